The van der Waals surface area contributed by atoms with E-state index in [-0.39, 0.29) is 5.41 Å². The smallest absolute Gasteiger partial charge is 0.0607 e. The molecule has 0 nitrogen and oxygen atoms in total. The van der Waals surface area contributed by atoms with Gasteiger partial charge in [0.2, 0.25) is 0 Å². The van der Waals surface area contributed by atoms with E-state index < -0.39 is 0 Å². The number of rotatable bonds is 3. The first-order chi connectivity index (χ1) is 9.38. The molecule has 2 aliphatic rings. The van der Waals surface area contributed by atoms with Crippen molar-refractivity contribution >= 4 is 0 Å². The number of fused-ring (bicyclic) bond motifs is 5. The maximum atomic E-state index is 2.49. The zero-order chi connectivity index (χ0) is 12.9. The van der Waals surface area contributed by atoms with Gasteiger partial charge in [0.25, 0.3) is 0 Å². The van der Waals surface area contributed by atoms with Gasteiger partial charge in [-0.1, -0.05) is 73.5 Å². The molecule has 0 heterocycles. The lowest BCUT2D eigenvalue weighted by molar-refractivity contribution is 0.760. The number of unbranched alkanes of at least 4 members (excludes halogenated alkanes) is 1. The van der Waals surface area contributed by atoms with E-state index in [9.17, 15) is 0 Å². The van der Waals surface area contributed by atoms with Crippen LogP contribution in [0.3, 0.4) is 0 Å². The molecule has 94 valence electrons. The summed E-state index contributed by atoms with van der Waals surface area (Å²) in [7, 11) is 0. The van der Waals surface area contributed by atoms with Crippen molar-refractivity contribution in [3.05, 3.63) is 71.3 Å². The molecule has 2 aromatic carbocycles. The lowest BCUT2D eigenvalue weighted by Gasteiger charge is -2.15. The molecule has 2 aromatic rings. The zero-order valence-electron chi connectivity index (χ0n) is 11.3. The average Bonchev–Trinajstić information content (AvgIpc) is 3.13. The summed E-state index contributed by atoms with van der Waals surface area (Å²) in [5.41, 5.74) is 7.67. The highest BCUT2D eigenvalue weighted by molar-refractivity contribution is 5.88. The Bertz CT molecular complexity index is 630. The van der Waals surface area contributed by atoms with Crippen LogP contribution in [0, 0.1) is 0 Å². The van der Waals surface area contributed by atoms with Crippen molar-refractivity contribution in [3.63, 3.8) is 0 Å². The van der Waals surface area contributed by atoms with Crippen LogP contribution in [-0.2, 0) is 5.41 Å². The monoisotopic (exact) mass is 246 g/mol. The van der Waals surface area contributed by atoms with Crippen molar-refractivity contribution in [2.24, 2.45) is 0 Å². The molecule has 0 fully saturated rings. The van der Waals surface area contributed by atoms with E-state index in [4.69, 9.17) is 0 Å². The molecule has 0 bridgehead atoms. The van der Waals surface area contributed by atoms with Crippen molar-refractivity contribution < 1.29 is 0 Å². The van der Waals surface area contributed by atoms with Crippen LogP contribution >= 0.6 is 0 Å². The lowest BCUT2D eigenvalue weighted by Crippen LogP contribution is -2.09. The van der Waals surface area contributed by atoms with E-state index in [0.29, 0.717) is 0 Å². The third-order valence-electron chi connectivity index (χ3n) is 4.61. The lowest BCUT2D eigenvalue weighted by atomic mass is 9.86. The van der Waals surface area contributed by atoms with Crippen LogP contribution in [0.4, 0.5) is 0 Å². The molecule has 0 aliphatic heterocycles. The Hall–Kier alpha value is -1.82. The largest absolute Gasteiger partial charge is 0.0654 e. The molecule has 0 radical (unpaired) electrons. The third kappa shape index (κ3) is 1.35. The Kier molecular flexibility index (Phi) is 2.23. The van der Waals surface area contributed by atoms with E-state index in [0.717, 1.165) is 0 Å². The van der Waals surface area contributed by atoms with Gasteiger partial charge in [-0.2, -0.15) is 0 Å². The van der Waals surface area contributed by atoms with Gasteiger partial charge < -0.3 is 0 Å². The van der Waals surface area contributed by atoms with Gasteiger partial charge in [-0.05, 0) is 35.1 Å². The highest BCUT2D eigenvalue weighted by Gasteiger charge is 2.51. The topological polar surface area (TPSA) is 0 Å². The van der Waals surface area contributed by atoms with E-state index in [2.05, 4.69) is 61.5 Å². The van der Waals surface area contributed by atoms with Crippen LogP contribution in [0.1, 0.15) is 37.3 Å². The van der Waals surface area contributed by atoms with Crippen molar-refractivity contribution in [2.45, 2.75) is 31.6 Å². The van der Waals surface area contributed by atoms with E-state index in [1.54, 1.807) is 5.57 Å². The molecule has 0 aromatic heterocycles. The zero-order valence-corrected chi connectivity index (χ0v) is 11.3. The van der Waals surface area contributed by atoms with Gasteiger partial charge in [0.15, 0.2) is 0 Å². The first-order valence-corrected chi connectivity index (χ1v) is 7.29. The Morgan fingerprint density at radius 3 is 2.00 bits per heavy atom. The fourth-order valence-electron chi connectivity index (χ4n) is 3.63. The summed E-state index contributed by atoms with van der Waals surface area (Å²) in [6.45, 7) is 2.27. The number of allylic oxidation sites excluding steroid dienone is 2. The van der Waals surface area contributed by atoms with Crippen LogP contribution in [0.5, 0.6) is 0 Å². The van der Waals surface area contributed by atoms with Crippen molar-refractivity contribution in [1.29, 1.82) is 0 Å². The van der Waals surface area contributed by atoms with E-state index >= 15 is 0 Å². The summed E-state index contributed by atoms with van der Waals surface area (Å²) in [6, 6.07) is 17.8. The molecule has 4 rings (SSSR count). The Morgan fingerprint density at radius 1 is 0.842 bits per heavy atom. The van der Waals surface area contributed by atoms with Gasteiger partial charge in [0, 0.05) is 0 Å². The Balaban J connectivity index is 1.85. The highest BCUT2D eigenvalue weighted by Crippen LogP contribution is 2.62. The molecule has 0 heteroatoms. The number of hydrogen-bond donors (Lipinski definition) is 0. The maximum Gasteiger partial charge on any atom is 0.0607 e. The second kappa shape index (κ2) is 3.84. The first-order valence-electron chi connectivity index (χ1n) is 7.29. The van der Waals surface area contributed by atoms with Crippen LogP contribution in [0.15, 0.2) is 60.2 Å². The van der Waals surface area contributed by atoms with Crippen LogP contribution < -0.4 is 0 Å². The van der Waals surface area contributed by atoms with Gasteiger partial charge >= 0.3 is 0 Å². The van der Waals surface area contributed by atoms with Crippen molar-refractivity contribution in [1.82, 2.24) is 0 Å². The summed E-state index contributed by atoms with van der Waals surface area (Å²) >= 11 is 0. The van der Waals surface area contributed by atoms with Gasteiger partial charge in [-0.15, -0.1) is 0 Å². The molecule has 0 saturated carbocycles. The van der Waals surface area contributed by atoms with Crippen LogP contribution in [0.25, 0.3) is 11.1 Å². The predicted molar refractivity (Wildman–Crippen MR) is 80.3 cm³/mol. The predicted octanol–water partition coefficient (Wildman–Crippen LogP) is 5.08. The molecule has 0 saturated heterocycles. The normalized spacial score (nSPS) is 17.0. The van der Waals surface area contributed by atoms with Crippen LogP contribution in [0.2, 0.25) is 0 Å². The molecule has 2 aliphatic carbocycles. The number of benzene rings is 2. The molecule has 19 heavy (non-hydrogen) atoms. The van der Waals surface area contributed by atoms with Crippen molar-refractivity contribution in [2.75, 3.05) is 0 Å². The fraction of sp³-hybridized carbons (Fsp3) is 0.263. The average molecular weight is 246 g/mol. The molecule has 0 N–H and O–H groups in total. The minimum absolute atomic E-state index is 0.169. The molecule has 1 spiro atoms. The molecule has 0 amide bonds. The summed E-state index contributed by atoms with van der Waals surface area (Å²) in [6.07, 6.45) is 6.32. The molecule has 0 atom stereocenters. The van der Waals surface area contributed by atoms with E-state index in [1.807, 2.05) is 0 Å². The second-order valence-electron chi connectivity index (χ2n) is 5.67. The van der Waals surface area contributed by atoms with Gasteiger partial charge in [0.1, 0.15) is 0 Å². The molecule has 0 unspecified atom stereocenters. The first kappa shape index (κ1) is 11.0. The quantitative estimate of drug-likeness (QED) is 0.662. The summed E-state index contributed by atoms with van der Waals surface area (Å²) < 4.78 is 0. The highest BCUT2D eigenvalue weighted by atomic mass is 14.5. The fourth-order valence-corrected chi connectivity index (χ4v) is 3.63. The summed E-state index contributed by atoms with van der Waals surface area (Å²) in [4.78, 5) is 0. The van der Waals surface area contributed by atoms with Crippen molar-refractivity contribution in [3.8, 4) is 11.1 Å². The minimum atomic E-state index is 0.169. The third-order valence-corrected chi connectivity index (χ3v) is 4.61. The van der Waals surface area contributed by atoms with Gasteiger partial charge in [-0.3, -0.25) is 0 Å². The van der Waals surface area contributed by atoms with Crippen LogP contribution in [-0.4, -0.2) is 0 Å². The van der Waals surface area contributed by atoms with Gasteiger partial charge in [0.05, 0.1) is 5.41 Å². The summed E-state index contributed by atoms with van der Waals surface area (Å²) in [5.74, 6) is 0. The molecular formula is C19H18. The molecular weight excluding hydrogens is 228 g/mol. The van der Waals surface area contributed by atoms with Gasteiger partial charge in [-0.25, -0.2) is 0 Å². The maximum absolute atomic E-state index is 2.49. The number of hydrogen-bond acceptors (Lipinski definition) is 0. The minimum Gasteiger partial charge on any atom is -0.0654 e. The Morgan fingerprint density at radius 2 is 1.42 bits per heavy atom. The summed E-state index contributed by atoms with van der Waals surface area (Å²) in [5, 5.41) is 0. The Labute approximate surface area is 114 Å². The standard InChI is InChI=1S/C19H18/c1-2-3-8-14-13-19(14)17-11-6-4-9-15(17)16-10-5-7-12-18(16)19/h4-7,9-13H,2-3,8H2,1H3. The van der Waals surface area contributed by atoms with E-state index in [1.165, 1.54) is 41.5 Å². The second-order valence-corrected chi connectivity index (χ2v) is 5.67. The SMILES string of the molecule is CCCCC1=CC12c1ccccc1-c1ccccc12.